The van der Waals surface area contributed by atoms with Crippen LogP contribution in [0.25, 0.3) is 0 Å². The second-order valence-corrected chi connectivity index (χ2v) is 4.78. The zero-order chi connectivity index (χ0) is 12.2. The van der Waals surface area contributed by atoms with Gasteiger partial charge in [-0.15, -0.1) is 0 Å². The van der Waals surface area contributed by atoms with Crippen LogP contribution in [0.4, 0.5) is 5.82 Å². The summed E-state index contributed by atoms with van der Waals surface area (Å²) in [6.07, 6.45) is 1.92. The van der Waals surface area contributed by atoms with E-state index in [1.807, 2.05) is 13.1 Å². The highest BCUT2D eigenvalue weighted by Crippen LogP contribution is 2.29. The van der Waals surface area contributed by atoms with E-state index >= 15 is 0 Å². The van der Waals surface area contributed by atoms with Crippen molar-refractivity contribution in [3.05, 3.63) is 17.8 Å². The molecule has 0 unspecified atom stereocenters. The number of aromatic nitrogens is 1. The fraction of sp³-hybridized carbons (Fsp3) is 0.615. The molecule has 1 N–H and O–H groups in total. The molecule has 0 saturated heterocycles. The maximum Gasteiger partial charge on any atom is 0.168 e. The maximum absolute atomic E-state index is 5.60. The monoisotopic (exact) mass is 222 g/mol. The van der Waals surface area contributed by atoms with Crippen molar-refractivity contribution >= 4 is 5.82 Å². The summed E-state index contributed by atoms with van der Waals surface area (Å²) in [5.74, 6) is 1.68. The van der Waals surface area contributed by atoms with Crippen molar-refractivity contribution < 1.29 is 4.74 Å². The minimum atomic E-state index is 0.101. The average molecular weight is 222 g/mol. The first-order valence-corrected chi connectivity index (χ1v) is 5.86. The van der Waals surface area contributed by atoms with Crippen LogP contribution in [0.5, 0.6) is 5.75 Å². The molecule has 0 saturated carbocycles. The molecule has 1 rings (SSSR count). The van der Waals surface area contributed by atoms with Crippen LogP contribution in [-0.4, -0.2) is 18.1 Å². The second-order valence-electron chi connectivity index (χ2n) is 4.78. The summed E-state index contributed by atoms with van der Waals surface area (Å²) in [4.78, 5) is 4.42. The first kappa shape index (κ1) is 12.8. The molecule has 0 bridgehead atoms. The molecule has 1 aromatic rings. The Morgan fingerprint density at radius 3 is 2.50 bits per heavy atom. The molecule has 0 aliphatic heterocycles. The third-order valence-corrected chi connectivity index (χ3v) is 2.36. The molecule has 90 valence electrons. The smallest absolute Gasteiger partial charge is 0.168 e. The topological polar surface area (TPSA) is 34.2 Å². The summed E-state index contributed by atoms with van der Waals surface area (Å²) in [5, 5.41) is 3.20. The van der Waals surface area contributed by atoms with Crippen molar-refractivity contribution in [1.82, 2.24) is 4.98 Å². The van der Waals surface area contributed by atoms with Gasteiger partial charge in [-0.1, -0.05) is 20.8 Å². The van der Waals surface area contributed by atoms with Gasteiger partial charge in [0.05, 0.1) is 6.61 Å². The number of nitrogens with one attached hydrogen (secondary N) is 1. The molecule has 0 amide bonds. The number of rotatable bonds is 4. The molecular formula is C13H22N2O. The van der Waals surface area contributed by atoms with Crippen molar-refractivity contribution in [3.63, 3.8) is 0 Å². The lowest BCUT2D eigenvalue weighted by molar-refractivity contribution is 0.339. The maximum atomic E-state index is 5.60. The van der Waals surface area contributed by atoms with Gasteiger partial charge in [-0.05, 0) is 30.9 Å². The average Bonchev–Trinajstić information content (AvgIpc) is 2.19. The molecule has 0 aromatic carbocycles. The molecule has 0 atom stereocenters. The van der Waals surface area contributed by atoms with Gasteiger partial charge in [0, 0.05) is 12.7 Å². The van der Waals surface area contributed by atoms with E-state index in [2.05, 4.69) is 44.1 Å². The third-order valence-electron chi connectivity index (χ3n) is 2.36. The fourth-order valence-electron chi connectivity index (χ4n) is 1.42. The fourth-order valence-corrected chi connectivity index (χ4v) is 1.42. The van der Waals surface area contributed by atoms with Crippen LogP contribution in [0, 0.1) is 0 Å². The van der Waals surface area contributed by atoms with Crippen LogP contribution in [0.2, 0.25) is 0 Å². The van der Waals surface area contributed by atoms with Crippen LogP contribution in [-0.2, 0) is 5.41 Å². The van der Waals surface area contributed by atoms with E-state index in [0.29, 0.717) is 6.61 Å². The lowest BCUT2D eigenvalue weighted by Gasteiger charge is -2.20. The number of anilines is 1. The lowest BCUT2D eigenvalue weighted by Crippen LogP contribution is -2.13. The van der Waals surface area contributed by atoms with Gasteiger partial charge in [0.1, 0.15) is 0 Å². The minimum Gasteiger partial charge on any atom is -0.490 e. The zero-order valence-corrected chi connectivity index (χ0v) is 10.9. The Bertz CT molecular complexity index is 342. The molecule has 3 heteroatoms. The predicted molar refractivity (Wildman–Crippen MR) is 68.3 cm³/mol. The zero-order valence-electron chi connectivity index (χ0n) is 10.9. The highest BCUT2D eigenvalue weighted by atomic mass is 16.5. The number of ether oxygens (including phenoxy) is 1. The standard InChI is InChI=1S/C13H22N2O/c1-6-14-12-11(16-7-2)8-10(9-15-12)13(3,4)5/h8-9H,6-7H2,1-5H3,(H,14,15). The molecule has 0 radical (unpaired) electrons. The predicted octanol–water partition coefficient (Wildman–Crippen LogP) is 3.21. The van der Waals surface area contributed by atoms with Gasteiger partial charge in [-0.25, -0.2) is 4.98 Å². The van der Waals surface area contributed by atoms with Crippen LogP contribution in [0.15, 0.2) is 12.3 Å². The summed E-state index contributed by atoms with van der Waals surface area (Å²) in [6.45, 7) is 12.1. The molecule has 0 spiro atoms. The summed E-state index contributed by atoms with van der Waals surface area (Å²) in [6, 6.07) is 2.08. The Morgan fingerprint density at radius 1 is 1.31 bits per heavy atom. The Morgan fingerprint density at radius 2 is 2.00 bits per heavy atom. The third kappa shape index (κ3) is 3.12. The molecule has 0 aliphatic rings. The Labute approximate surface area is 98.2 Å². The number of nitrogens with zero attached hydrogens (tertiary/aromatic N) is 1. The van der Waals surface area contributed by atoms with E-state index in [1.165, 1.54) is 5.56 Å². The molecular weight excluding hydrogens is 200 g/mol. The Balaban J connectivity index is 3.06. The van der Waals surface area contributed by atoms with Gasteiger partial charge in [0.2, 0.25) is 0 Å². The van der Waals surface area contributed by atoms with Gasteiger partial charge in [0.15, 0.2) is 11.6 Å². The highest BCUT2D eigenvalue weighted by molar-refractivity contribution is 5.51. The first-order valence-electron chi connectivity index (χ1n) is 5.86. The minimum absolute atomic E-state index is 0.101. The van der Waals surface area contributed by atoms with E-state index in [0.717, 1.165) is 18.1 Å². The van der Waals surface area contributed by atoms with E-state index in [1.54, 1.807) is 0 Å². The van der Waals surface area contributed by atoms with E-state index < -0.39 is 0 Å². The van der Waals surface area contributed by atoms with E-state index in [-0.39, 0.29) is 5.41 Å². The van der Waals surface area contributed by atoms with Crippen molar-refractivity contribution in [2.45, 2.75) is 40.0 Å². The lowest BCUT2D eigenvalue weighted by atomic mass is 9.88. The summed E-state index contributed by atoms with van der Waals surface area (Å²) in [7, 11) is 0. The Hall–Kier alpha value is -1.25. The Kier molecular flexibility index (Phi) is 4.16. The van der Waals surface area contributed by atoms with Crippen molar-refractivity contribution in [2.24, 2.45) is 0 Å². The van der Waals surface area contributed by atoms with Gasteiger partial charge >= 0.3 is 0 Å². The van der Waals surface area contributed by atoms with Gasteiger partial charge in [-0.2, -0.15) is 0 Å². The molecule has 1 aromatic heterocycles. The van der Waals surface area contributed by atoms with Gasteiger partial charge in [0.25, 0.3) is 0 Å². The molecule has 1 heterocycles. The quantitative estimate of drug-likeness (QED) is 0.849. The van der Waals surface area contributed by atoms with Crippen LogP contribution in [0.1, 0.15) is 40.2 Å². The highest BCUT2D eigenvalue weighted by Gasteiger charge is 2.16. The number of hydrogen-bond donors (Lipinski definition) is 1. The largest absolute Gasteiger partial charge is 0.490 e. The first-order chi connectivity index (χ1) is 7.49. The molecule has 16 heavy (non-hydrogen) atoms. The van der Waals surface area contributed by atoms with Crippen LogP contribution in [0.3, 0.4) is 0 Å². The normalized spacial score (nSPS) is 11.3. The number of pyridine rings is 1. The number of hydrogen-bond acceptors (Lipinski definition) is 3. The second kappa shape index (κ2) is 5.19. The summed E-state index contributed by atoms with van der Waals surface area (Å²) >= 11 is 0. The van der Waals surface area contributed by atoms with Crippen molar-refractivity contribution in [3.8, 4) is 5.75 Å². The van der Waals surface area contributed by atoms with E-state index in [9.17, 15) is 0 Å². The molecule has 0 fully saturated rings. The summed E-state index contributed by atoms with van der Waals surface area (Å²) in [5.41, 5.74) is 1.29. The van der Waals surface area contributed by atoms with Crippen molar-refractivity contribution in [2.75, 3.05) is 18.5 Å². The summed E-state index contributed by atoms with van der Waals surface area (Å²) < 4.78 is 5.60. The molecule has 0 aliphatic carbocycles. The van der Waals surface area contributed by atoms with Crippen LogP contribution >= 0.6 is 0 Å². The van der Waals surface area contributed by atoms with E-state index in [4.69, 9.17) is 4.74 Å². The molecule has 3 nitrogen and oxygen atoms in total. The SMILES string of the molecule is CCNc1ncc(C(C)(C)C)cc1OCC. The van der Waals surface area contributed by atoms with Gasteiger partial charge < -0.3 is 10.1 Å². The van der Waals surface area contributed by atoms with Crippen molar-refractivity contribution in [1.29, 1.82) is 0 Å². The van der Waals surface area contributed by atoms with Gasteiger partial charge in [-0.3, -0.25) is 0 Å². The van der Waals surface area contributed by atoms with Crippen LogP contribution < -0.4 is 10.1 Å².